The van der Waals surface area contributed by atoms with Crippen molar-refractivity contribution in [1.82, 2.24) is 4.98 Å². The third-order valence-electron chi connectivity index (χ3n) is 2.05. The smallest absolute Gasteiger partial charge is 0.226 e. The van der Waals surface area contributed by atoms with E-state index in [0.29, 0.717) is 15.6 Å². The van der Waals surface area contributed by atoms with Crippen molar-refractivity contribution < 1.29 is 4.39 Å². The van der Waals surface area contributed by atoms with Crippen LogP contribution in [0.5, 0.6) is 0 Å². The van der Waals surface area contributed by atoms with Crippen LogP contribution < -0.4 is 0 Å². The molecule has 1 nitrogen and oxygen atoms in total. The van der Waals surface area contributed by atoms with Gasteiger partial charge in [-0.05, 0) is 23.8 Å². The largest absolute Gasteiger partial charge is 0.231 e. The molecule has 0 unspecified atom stereocenters. The zero-order valence-electron chi connectivity index (χ0n) is 7.85. The Kier molecular flexibility index (Phi) is 3.33. The molecule has 0 atom stereocenters. The summed E-state index contributed by atoms with van der Waals surface area (Å²) in [5, 5.41) is 0.870. The molecule has 2 rings (SSSR count). The van der Waals surface area contributed by atoms with Crippen LogP contribution in [0.2, 0.25) is 15.1 Å². The van der Waals surface area contributed by atoms with Gasteiger partial charge in [0.1, 0.15) is 0 Å². The van der Waals surface area contributed by atoms with Crippen molar-refractivity contribution >= 4 is 34.8 Å². The number of hydrogen-bond acceptors (Lipinski definition) is 1. The number of hydrogen-bond donors (Lipinski definition) is 0. The predicted octanol–water partition coefficient (Wildman–Crippen LogP) is 4.85. The van der Waals surface area contributed by atoms with Gasteiger partial charge in [0.2, 0.25) is 5.95 Å². The zero-order valence-corrected chi connectivity index (χ0v) is 10.1. The van der Waals surface area contributed by atoms with E-state index in [1.165, 1.54) is 12.3 Å². The minimum atomic E-state index is -0.689. The Hall–Kier alpha value is -0.830. The van der Waals surface area contributed by atoms with E-state index in [9.17, 15) is 4.39 Å². The highest BCUT2D eigenvalue weighted by molar-refractivity contribution is 6.42. The van der Waals surface area contributed by atoms with Crippen LogP contribution in [0.15, 0.2) is 30.5 Å². The van der Waals surface area contributed by atoms with Gasteiger partial charge in [-0.3, -0.25) is 0 Å². The van der Waals surface area contributed by atoms with Gasteiger partial charge in [-0.2, -0.15) is 4.39 Å². The first-order valence-electron chi connectivity index (χ1n) is 4.34. The Morgan fingerprint density at radius 2 is 1.56 bits per heavy atom. The third-order valence-corrected chi connectivity index (χ3v) is 3.05. The van der Waals surface area contributed by atoms with Crippen molar-refractivity contribution in [3.63, 3.8) is 0 Å². The van der Waals surface area contributed by atoms with Crippen molar-refractivity contribution in [3.8, 4) is 11.1 Å². The quantitative estimate of drug-likeness (QED) is 0.679. The maximum absolute atomic E-state index is 12.9. The van der Waals surface area contributed by atoms with Crippen molar-refractivity contribution in [3.05, 3.63) is 51.5 Å². The van der Waals surface area contributed by atoms with E-state index < -0.39 is 5.95 Å². The van der Waals surface area contributed by atoms with Gasteiger partial charge >= 0.3 is 0 Å². The minimum absolute atomic E-state index is 0.0245. The molecule has 1 aromatic heterocycles. The lowest BCUT2D eigenvalue weighted by Crippen LogP contribution is -1.86. The standard InChI is InChI=1S/C11H5Cl3FN/c12-8-2-1-6(3-9(8)13)7-4-10(14)11(15)16-5-7/h1-5H. The summed E-state index contributed by atoms with van der Waals surface area (Å²) < 4.78 is 12.9. The molecule has 0 aliphatic heterocycles. The summed E-state index contributed by atoms with van der Waals surface area (Å²) in [5.41, 5.74) is 1.47. The van der Waals surface area contributed by atoms with E-state index in [4.69, 9.17) is 34.8 Å². The van der Waals surface area contributed by atoms with Gasteiger partial charge in [0.15, 0.2) is 0 Å². The fraction of sp³-hybridized carbons (Fsp3) is 0. The second kappa shape index (κ2) is 4.58. The molecule has 0 bridgehead atoms. The zero-order chi connectivity index (χ0) is 11.7. The van der Waals surface area contributed by atoms with Gasteiger partial charge in [-0.15, -0.1) is 0 Å². The highest BCUT2D eigenvalue weighted by Crippen LogP contribution is 2.29. The highest BCUT2D eigenvalue weighted by Gasteiger charge is 2.06. The first kappa shape index (κ1) is 11.6. The summed E-state index contributed by atoms with van der Waals surface area (Å²) in [5.74, 6) is -0.689. The van der Waals surface area contributed by atoms with Gasteiger partial charge in [-0.1, -0.05) is 40.9 Å². The molecule has 16 heavy (non-hydrogen) atoms. The van der Waals surface area contributed by atoms with Crippen molar-refractivity contribution in [2.75, 3.05) is 0 Å². The van der Waals surface area contributed by atoms with E-state index >= 15 is 0 Å². The third kappa shape index (κ3) is 2.29. The fourth-order valence-electron chi connectivity index (χ4n) is 1.25. The first-order valence-corrected chi connectivity index (χ1v) is 5.48. The molecule has 82 valence electrons. The van der Waals surface area contributed by atoms with Gasteiger partial charge in [-0.25, -0.2) is 4.98 Å². The molecular weight excluding hydrogens is 271 g/mol. The van der Waals surface area contributed by atoms with Crippen LogP contribution in [0.25, 0.3) is 11.1 Å². The molecule has 0 N–H and O–H groups in total. The van der Waals surface area contributed by atoms with Gasteiger partial charge in [0.25, 0.3) is 0 Å². The lowest BCUT2D eigenvalue weighted by Gasteiger charge is -2.03. The Bertz CT molecular complexity index is 493. The van der Waals surface area contributed by atoms with Gasteiger partial charge < -0.3 is 0 Å². The number of aromatic nitrogens is 1. The van der Waals surface area contributed by atoms with Crippen LogP contribution in [0, 0.1) is 5.95 Å². The summed E-state index contributed by atoms with van der Waals surface area (Å²) in [7, 11) is 0. The molecule has 0 fully saturated rings. The summed E-state index contributed by atoms with van der Waals surface area (Å²) in [6, 6.07) is 6.59. The normalized spacial score (nSPS) is 10.5. The predicted molar refractivity (Wildman–Crippen MR) is 64.7 cm³/mol. The summed E-state index contributed by atoms with van der Waals surface area (Å²) >= 11 is 17.3. The minimum Gasteiger partial charge on any atom is -0.226 e. The number of rotatable bonds is 1. The van der Waals surface area contributed by atoms with Crippen LogP contribution in [0.1, 0.15) is 0 Å². The lowest BCUT2D eigenvalue weighted by atomic mass is 10.1. The molecule has 0 spiro atoms. The summed E-state index contributed by atoms with van der Waals surface area (Å²) in [4.78, 5) is 3.53. The van der Waals surface area contributed by atoms with E-state index in [0.717, 1.165) is 5.56 Å². The Morgan fingerprint density at radius 3 is 2.19 bits per heavy atom. The second-order valence-electron chi connectivity index (χ2n) is 3.13. The molecule has 2 aromatic rings. The maximum atomic E-state index is 12.9. The molecule has 1 heterocycles. The average molecular weight is 277 g/mol. The highest BCUT2D eigenvalue weighted by atomic mass is 35.5. The van der Waals surface area contributed by atoms with Gasteiger partial charge in [0, 0.05) is 11.8 Å². The monoisotopic (exact) mass is 275 g/mol. The van der Waals surface area contributed by atoms with E-state index in [-0.39, 0.29) is 5.02 Å². The molecule has 0 saturated heterocycles. The number of halogens is 4. The van der Waals surface area contributed by atoms with Crippen molar-refractivity contribution in [2.24, 2.45) is 0 Å². The number of pyridine rings is 1. The molecule has 0 aliphatic carbocycles. The molecule has 0 saturated carbocycles. The second-order valence-corrected chi connectivity index (χ2v) is 4.35. The molecule has 1 aromatic carbocycles. The summed E-state index contributed by atoms with van der Waals surface area (Å²) in [6.07, 6.45) is 1.39. The van der Waals surface area contributed by atoms with E-state index in [2.05, 4.69) is 4.98 Å². The average Bonchev–Trinajstić information content (AvgIpc) is 2.26. The van der Waals surface area contributed by atoms with Crippen LogP contribution in [-0.4, -0.2) is 4.98 Å². The molecule has 0 radical (unpaired) electrons. The number of nitrogens with zero attached hydrogens (tertiary/aromatic N) is 1. The number of benzene rings is 1. The lowest BCUT2D eigenvalue weighted by molar-refractivity contribution is 0.584. The van der Waals surface area contributed by atoms with Gasteiger partial charge in [0.05, 0.1) is 15.1 Å². The SMILES string of the molecule is Fc1ncc(-c2ccc(Cl)c(Cl)c2)cc1Cl. The van der Waals surface area contributed by atoms with E-state index in [1.807, 2.05) is 0 Å². The van der Waals surface area contributed by atoms with Crippen molar-refractivity contribution in [2.45, 2.75) is 0 Å². The first-order chi connectivity index (χ1) is 7.58. The topological polar surface area (TPSA) is 12.9 Å². The van der Waals surface area contributed by atoms with Crippen LogP contribution in [-0.2, 0) is 0 Å². The van der Waals surface area contributed by atoms with Crippen LogP contribution in [0.3, 0.4) is 0 Å². The molecule has 0 amide bonds. The summed E-state index contributed by atoms with van der Waals surface area (Å²) in [6.45, 7) is 0. The Balaban J connectivity index is 2.50. The van der Waals surface area contributed by atoms with Crippen LogP contribution >= 0.6 is 34.8 Å². The Morgan fingerprint density at radius 1 is 0.875 bits per heavy atom. The van der Waals surface area contributed by atoms with Crippen molar-refractivity contribution in [1.29, 1.82) is 0 Å². The Labute approximate surface area is 107 Å². The molecular formula is C11H5Cl3FN. The molecule has 0 aliphatic rings. The fourth-order valence-corrected chi connectivity index (χ4v) is 1.72. The maximum Gasteiger partial charge on any atom is 0.231 e. The molecule has 5 heteroatoms. The van der Waals surface area contributed by atoms with Crippen LogP contribution in [0.4, 0.5) is 4.39 Å². The van der Waals surface area contributed by atoms with E-state index in [1.54, 1.807) is 18.2 Å².